The third-order valence-electron chi connectivity index (χ3n) is 3.51. The zero-order chi connectivity index (χ0) is 18.5. The molecule has 1 aromatic heterocycles. The third-order valence-corrected chi connectivity index (χ3v) is 3.51. The van der Waals surface area contributed by atoms with Crippen molar-refractivity contribution >= 4 is 5.91 Å². The van der Waals surface area contributed by atoms with Crippen LogP contribution in [0, 0.1) is 18.6 Å². The minimum absolute atomic E-state index is 0.00797. The number of benzene rings is 2. The van der Waals surface area contributed by atoms with Gasteiger partial charge in [-0.3, -0.25) is 4.79 Å². The Morgan fingerprint density at radius 1 is 1.08 bits per heavy atom. The van der Waals surface area contributed by atoms with Gasteiger partial charge in [-0.25, -0.2) is 18.4 Å². The summed E-state index contributed by atoms with van der Waals surface area (Å²) in [6, 6.07) is 11.3. The van der Waals surface area contributed by atoms with Gasteiger partial charge >= 0.3 is 0 Å². The first-order valence-electron chi connectivity index (χ1n) is 7.89. The molecule has 0 aliphatic heterocycles. The molecule has 0 saturated heterocycles. The fourth-order valence-electron chi connectivity index (χ4n) is 2.26. The normalized spacial score (nSPS) is 10.6. The van der Waals surface area contributed by atoms with E-state index in [1.807, 2.05) is 0 Å². The summed E-state index contributed by atoms with van der Waals surface area (Å²) >= 11 is 0. The molecule has 2 aromatic carbocycles. The largest absolute Gasteiger partial charge is 0.492 e. The van der Waals surface area contributed by atoms with Crippen molar-refractivity contribution in [3.63, 3.8) is 0 Å². The Morgan fingerprint density at radius 2 is 1.69 bits per heavy atom. The highest BCUT2D eigenvalue weighted by atomic mass is 19.1. The summed E-state index contributed by atoms with van der Waals surface area (Å²) in [7, 11) is 0. The van der Waals surface area contributed by atoms with Crippen LogP contribution in [0.15, 0.2) is 48.5 Å². The number of carbonyl (C=O) groups is 1. The summed E-state index contributed by atoms with van der Waals surface area (Å²) in [6.45, 7) is 2.15. The van der Waals surface area contributed by atoms with E-state index in [2.05, 4.69) is 15.4 Å². The summed E-state index contributed by atoms with van der Waals surface area (Å²) in [5, 5.41) is 6.79. The third kappa shape index (κ3) is 4.21. The maximum atomic E-state index is 13.0. The van der Waals surface area contributed by atoms with Crippen LogP contribution in [0.4, 0.5) is 8.78 Å². The molecule has 134 valence electrons. The van der Waals surface area contributed by atoms with E-state index in [4.69, 9.17) is 4.74 Å². The molecule has 1 N–H and O–H groups in total. The van der Waals surface area contributed by atoms with Crippen LogP contribution >= 0.6 is 0 Å². The second kappa shape index (κ2) is 7.73. The first kappa shape index (κ1) is 17.5. The minimum Gasteiger partial charge on any atom is -0.492 e. The van der Waals surface area contributed by atoms with Gasteiger partial charge in [-0.15, -0.1) is 5.10 Å². The van der Waals surface area contributed by atoms with Crippen molar-refractivity contribution in [2.75, 3.05) is 13.2 Å². The first-order valence-corrected chi connectivity index (χ1v) is 7.89. The van der Waals surface area contributed by atoms with Gasteiger partial charge in [-0.05, 0) is 55.5 Å². The Morgan fingerprint density at radius 3 is 2.35 bits per heavy atom. The number of ether oxygens (including phenoxy) is 1. The highest BCUT2D eigenvalue weighted by Gasteiger charge is 2.15. The number of aromatic nitrogens is 3. The van der Waals surface area contributed by atoms with Crippen molar-refractivity contribution in [2.24, 2.45) is 0 Å². The lowest BCUT2D eigenvalue weighted by atomic mass is 10.3. The molecule has 0 fully saturated rings. The number of hydrogen-bond acceptors (Lipinski definition) is 4. The molecule has 0 atom stereocenters. The molecule has 0 bridgehead atoms. The summed E-state index contributed by atoms with van der Waals surface area (Å²) < 4.78 is 32.7. The molecule has 0 aliphatic rings. The average Bonchev–Trinajstić information content (AvgIpc) is 3.02. The van der Waals surface area contributed by atoms with Gasteiger partial charge < -0.3 is 10.1 Å². The molecular formula is C18H16F2N4O2. The van der Waals surface area contributed by atoms with E-state index in [1.54, 1.807) is 19.1 Å². The maximum absolute atomic E-state index is 13.0. The maximum Gasteiger partial charge on any atom is 0.291 e. The molecule has 0 unspecified atom stereocenters. The average molecular weight is 358 g/mol. The smallest absolute Gasteiger partial charge is 0.291 e. The lowest BCUT2D eigenvalue weighted by molar-refractivity contribution is 0.0936. The number of amides is 1. The lowest BCUT2D eigenvalue weighted by Gasteiger charge is -2.06. The summed E-state index contributed by atoms with van der Waals surface area (Å²) in [5.74, 6) is -0.126. The van der Waals surface area contributed by atoms with Crippen molar-refractivity contribution in [3.8, 4) is 11.4 Å². The fourth-order valence-corrected chi connectivity index (χ4v) is 2.26. The molecule has 0 spiro atoms. The molecule has 1 heterocycles. The van der Waals surface area contributed by atoms with Crippen LogP contribution in [0.1, 0.15) is 16.4 Å². The van der Waals surface area contributed by atoms with Crippen molar-refractivity contribution in [3.05, 3.63) is 71.8 Å². The summed E-state index contributed by atoms with van der Waals surface area (Å²) in [4.78, 5) is 16.3. The Kier molecular flexibility index (Phi) is 5.21. The predicted molar refractivity (Wildman–Crippen MR) is 90.3 cm³/mol. The van der Waals surface area contributed by atoms with Crippen LogP contribution in [-0.2, 0) is 0 Å². The van der Waals surface area contributed by atoms with Crippen LogP contribution < -0.4 is 10.1 Å². The number of rotatable bonds is 6. The van der Waals surface area contributed by atoms with Gasteiger partial charge in [0.1, 0.15) is 29.8 Å². The second-order valence-electron chi connectivity index (χ2n) is 5.43. The molecule has 8 heteroatoms. The van der Waals surface area contributed by atoms with Crippen LogP contribution in [0.3, 0.4) is 0 Å². The van der Waals surface area contributed by atoms with Crippen LogP contribution in [0.25, 0.3) is 5.69 Å². The lowest BCUT2D eigenvalue weighted by Crippen LogP contribution is -2.29. The first-order chi connectivity index (χ1) is 12.5. The van der Waals surface area contributed by atoms with Gasteiger partial charge in [0.15, 0.2) is 0 Å². The topological polar surface area (TPSA) is 69.0 Å². The van der Waals surface area contributed by atoms with E-state index in [-0.39, 0.29) is 30.6 Å². The van der Waals surface area contributed by atoms with Crippen molar-refractivity contribution in [1.29, 1.82) is 0 Å². The predicted octanol–water partition coefficient (Wildman–Crippen LogP) is 2.66. The fraction of sp³-hybridized carbons (Fsp3) is 0.167. The monoisotopic (exact) mass is 358 g/mol. The Labute approximate surface area is 148 Å². The molecule has 3 rings (SSSR count). The number of aryl methyl sites for hydroxylation is 1. The zero-order valence-corrected chi connectivity index (χ0v) is 13.9. The van der Waals surface area contributed by atoms with Gasteiger partial charge in [0, 0.05) is 0 Å². The number of nitrogens with one attached hydrogen (secondary N) is 1. The molecule has 0 aliphatic carbocycles. The van der Waals surface area contributed by atoms with Gasteiger partial charge in [0.2, 0.25) is 5.82 Å². The molecule has 6 nitrogen and oxygen atoms in total. The van der Waals surface area contributed by atoms with Crippen LogP contribution in [0.5, 0.6) is 5.75 Å². The standard InChI is InChI=1S/C18H16F2N4O2/c1-12-22-17(23-24(12)15-6-2-13(19)3-7-15)18(25)21-10-11-26-16-8-4-14(20)5-9-16/h2-9H,10-11H2,1H3,(H,21,25). The SMILES string of the molecule is Cc1nc(C(=O)NCCOc2ccc(F)cc2)nn1-c1ccc(F)cc1. The minimum atomic E-state index is -0.448. The van der Waals surface area contributed by atoms with Gasteiger partial charge in [-0.1, -0.05) is 0 Å². The molecule has 1 amide bonds. The summed E-state index contributed by atoms with van der Waals surface area (Å²) in [5.41, 5.74) is 0.607. The quantitative estimate of drug-likeness (QED) is 0.688. The molecule has 3 aromatic rings. The second-order valence-corrected chi connectivity index (χ2v) is 5.43. The number of halogens is 2. The molecular weight excluding hydrogens is 342 g/mol. The van der Waals surface area contributed by atoms with E-state index in [9.17, 15) is 13.6 Å². The van der Waals surface area contributed by atoms with Crippen LogP contribution in [-0.4, -0.2) is 33.8 Å². The van der Waals surface area contributed by atoms with Gasteiger partial charge in [-0.2, -0.15) is 0 Å². The van der Waals surface area contributed by atoms with E-state index in [0.717, 1.165) is 0 Å². The van der Waals surface area contributed by atoms with E-state index < -0.39 is 5.91 Å². The van der Waals surface area contributed by atoms with Crippen LogP contribution in [0.2, 0.25) is 0 Å². The van der Waals surface area contributed by atoms with Crippen molar-refractivity contribution in [1.82, 2.24) is 20.1 Å². The Hall–Kier alpha value is -3.29. The Balaban J connectivity index is 1.55. The van der Waals surface area contributed by atoms with E-state index >= 15 is 0 Å². The van der Waals surface area contributed by atoms with E-state index in [1.165, 1.54) is 41.1 Å². The molecule has 0 saturated carbocycles. The van der Waals surface area contributed by atoms with Gasteiger partial charge in [0.05, 0.1) is 12.2 Å². The van der Waals surface area contributed by atoms with Crippen molar-refractivity contribution in [2.45, 2.75) is 6.92 Å². The zero-order valence-electron chi connectivity index (χ0n) is 13.9. The number of hydrogen-bond donors (Lipinski definition) is 1. The highest BCUT2D eigenvalue weighted by Crippen LogP contribution is 2.11. The Bertz CT molecular complexity index is 893. The number of nitrogens with zero attached hydrogens (tertiary/aromatic N) is 3. The van der Waals surface area contributed by atoms with Gasteiger partial charge in [0.25, 0.3) is 5.91 Å². The summed E-state index contributed by atoms with van der Waals surface area (Å²) in [6.07, 6.45) is 0. The molecule has 0 radical (unpaired) electrons. The highest BCUT2D eigenvalue weighted by molar-refractivity contribution is 5.90. The van der Waals surface area contributed by atoms with Crippen molar-refractivity contribution < 1.29 is 18.3 Å². The van der Waals surface area contributed by atoms with E-state index in [0.29, 0.717) is 17.3 Å². The molecule has 26 heavy (non-hydrogen) atoms. The number of carbonyl (C=O) groups excluding carboxylic acids is 1.